The molecule has 4 rings (SSSR count). The second kappa shape index (κ2) is 9.13. The minimum absolute atomic E-state index is 0.0551. The van der Waals surface area contributed by atoms with Crippen molar-refractivity contribution in [3.05, 3.63) is 68.4 Å². The van der Waals surface area contributed by atoms with Crippen LogP contribution in [0.5, 0.6) is 5.88 Å². The molecule has 0 aromatic carbocycles. The van der Waals surface area contributed by atoms with Gasteiger partial charge in [0.25, 0.3) is 17.4 Å². The molecule has 0 spiro atoms. The predicted octanol–water partition coefficient (Wildman–Crippen LogP) is 3.61. The van der Waals surface area contributed by atoms with Gasteiger partial charge in [-0.25, -0.2) is 4.98 Å². The highest BCUT2D eigenvalue weighted by atomic mass is 32.1. The first-order valence-corrected chi connectivity index (χ1v) is 10.8. The van der Waals surface area contributed by atoms with E-state index in [2.05, 4.69) is 20.6 Å². The molecule has 0 atom stereocenters. The summed E-state index contributed by atoms with van der Waals surface area (Å²) < 4.78 is 4.98. The van der Waals surface area contributed by atoms with E-state index >= 15 is 0 Å². The molecule has 2 amide bonds. The smallest absolute Gasteiger partial charge is 0.263 e. The van der Waals surface area contributed by atoms with E-state index in [0.29, 0.717) is 16.4 Å². The quantitative estimate of drug-likeness (QED) is 0.527. The molecule has 0 unspecified atom stereocenters. The summed E-state index contributed by atoms with van der Waals surface area (Å²) in [5.74, 6) is -0.200. The minimum Gasteiger partial charge on any atom is -0.482 e. The number of rotatable bonds is 5. The Morgan fingerprint density at radius 1 is 1.06 bits per heavy atom. The van der Waals surface area contributed by atoms with Crippen molar-refractivity contribution in [1.29, 1.82) is 0 Å². The van der Waals surface area contributed by atoms with Crippen LogP contribution in [0.2, 0.25) is 0 Å². The Balaban J connectivity index is 1.67. The maximum atomic E-state index is 13.2. The van der Waals surface area contributed by atoms with Crippen molar-refractivity contribution in [3.8, 4) is 5.88 Å². The normalized spacial score (nSPS) is 13.1. The fourth-order valence-electron chi connectivity index (χ4n) is 3.61. The van der Waals surface area contributed by atoms with E-state index in [0.717, 1.165) is 42.5 Å². The Bertz CT molecular complexity index is 1170. The van der Waals surface area contributed by atoms with Crippen molar-refractivity contribution in [2.24, 2.45) is 0 Å². The van der Waals surface area contributed by atoms with Gasteiger partial charge in [0, 0.05) is 11.1 Å². The fraction of sp³-hybridized carbons (Fsp3) is 0.273. The van der Waals surface area contributed by atoms with E-state index in [9.17, 15) is 14.4 Å². The zero-order valence-corrected chi connectivity index (χ0v) is 17.8. The van der Waals surface area contributed by atoms with Crippen LogP contribution in [-0.4, -0.2) is 28.9 Å². The Hall–Kier alpha value is -3.46. The number of nitrogens with zero attached hydrogens (tertiary/aromatic N) is 1. The first kappa shape index (κ1) is 20.8. The highest BCUT2D eigenvalue weighted by Crippen LogP contribution is 2.38. The van der Waals surface area contributed by atoms with Crippen LogP contribution >= 0.6 is 11.3 Å². The summed E-state index contributed by atoms with van der Waals surface area (Å²) in [6, 6.07) is 8.17. The largest absolute Gasteiger partial charge is 0.482 e. The number of thiophene rings is 1. The number of pyridine rings is 2. The van der Waals surface area contributed by atoms with Crippen LogP contribution in [0, 0.1) is 0 Å². The molecule has 31 heavy (non-hydrogen) atoms. The number of fused-ring (bicyclic) bond motifs is 1. The summed E-state index contributed by atoms with van der Waals surface area (Å²) in [6.45, 7) is 0. The first-order chi connectivity index (χ1) is 15.1. The number of anilines is 2. The number of aryl methyl sites for hydroxylation is 1. The van der Waals surface area contributed by atoms with E-state index in [1.54, 1.807) is 24.4 Å². The van der Waals surface area contributed by atoms with Crippen molar-refractivity contribution >= 4 is 34.0 Å². The molecule has 0 saturated heterocycles. The predicted molar refractivity (Wildman–Crippen MR) is 119 cm³/mol. The van der Waals surface area contributed by atoms with Crippen molar-refractivity contribution in [2.75, 3.05) is 17.7 Å². The van der Waals surface area contributed by atoms with Gasteiger partial charge < -0.3 is 15.4 Å². The maximum absolute atomic E-state index is 13.2. The number of nitrogens with one attached hydrogen (secondary N) is 3. The molecule has 3 heterocycles. The van der Waals surface area contributed by atoms with Crippen LogP contribution < -0.4 is 20.9 Å². The van der Waals surface area contributed by atoms with Gasteiger partial charge in [-0.3, -0.25) is 19.4 Å². The summed E-state index contributed by atoms with van der Waals surface area (Å²) in [6.07, 6.45) is 6.37. The van der Waals surface area contributed by atoms with Gasteiger partial charge in [-0.15, -0.1) is 11.3 Å². The van der Waals surface area contributed by atoms with Gasteiger partial charge in [0.2, 0.25) is 0 Å². The summed E-state index contributed by atoms with van der Waals surface area (Å²) in [5.41, 5.74) is 0.802. The highest BCUT2D eigenvalue weighted by Gasteiger charge is 2.26. The van der Waals surface area contributed by atoms with E-state index in [1.807, 2.05) is 0 Å². The van der Waals surface area contributed by atoms with Gasteiger partial charge in [-0.05, 0) is 55.5 Å². The molecule has 1 aliphatic rings. The summed E-state index contributed by atoms with van der Waals surface area (Å²) in [5, 5.41) is 6.05. The molecule has 8 nitrogen and oxygen atoms in total. The third kappa shape index (κ3) is 4.51. The van der Waals surface area contributed by atoms with Gasteiger partial charge in [-0.1, -0.05) is 12.5 Å². The van der Waals surface area contributed by atoms with E-state index in [1.165, 1.54) is 30.6 Å². The molecular formula is C22H22N4O4S. The van der Waals surface area contributed by atoms with Gasteiger partial charge in [-0.2, -0.15) is 0 Å². The second-order valence-electron chi connectivity index (χ2n) is 7.16. The number of methoxy groups -OCH3 is 1. The molecule has 0 radical (unpaired) electrons. The molecule has 3 aromatic heterocycles. The third-order valence-electron chi connectivity index (χ3n) is 5.13. The number of hydrogen-bond acceptors (Lipinski definition) is 6. The standard InChI is InChI=1S/C22H22N4O4S/c1-30-17-11-10-14(19(27)25-17)20(28)26-22-18(13-7-3-2-4-8-15(13)31-22)21(29)24-16-9-5-6-12-23-16/h5-6,9-12H,2-4,7-8H2,1H3,(H,25,27)(H,26,28)(H,23,24,29). The Morgan fingerprint density at radius 3 is 2.65 bits per heavy atom. The van der Waals surface area contributed by atoms with E-state index in [4.69, 9.17) is 4.74 Å². The van der Waals surface area contributed by atoms with Crippen molar-refractivity contribution in [1.82, 2.24) is 9.97 Å². The number of H-pyrrole nitrogens is 1. The summed E-state index contributed by atoms with van der Waals surface area (Å²) in [4.78, 5) is 46.0. The second-order valence-corrected chi connectivity index (χ2v) is 8.27. The molecule has 1 aliphatic carbocycles. The topological polar surface area (TPSA) is 113 Å². The number of hydrogen-bond donors (Lipinski definition) is 3. The molecular weight excluding hydrogens is 416 g/mol. The highest BCUT2D eigenvalue weighted by molar-refractivity contribution is 7.17. The maximum Gasteiger partial charge on any atom is 0.263 e. The van der Waals surface area contributed by atoms with Gasteiger partial charge in [0.15, 0.2) is 5.88 Å². The SMILES string of the molecule is COc1ccc(C(=O)Nc2sc3c(c2C(=O)Nc2ccccn2)CCCCC3)c(=O)[nH]1. The van der Waals surface area contributed by atoms with Crippen LogP contribution in [-0.2, 0) is 12.8 Å². The molecule has 0 fully saturated rings. The van der Waals surface area contributed by atoms with Crippen LogP contribution in [0.25, 0.3) is 0 Å². The lowest BCUT2D eigenvalue weighted by Crippen LogP contribution is -2.24. The molecule has 9 heteroatoms. The molecule has 0 saturated carbocycles. The van der Waals surface area contributed by atoms with Gasteiger partial charge in [0.1, 0.15) is 16.4 Å². The Morgan fingerprint density at radius 2 is 1.90 bits per heavy atom. The first-order valence-electron chi connectivity index (χ1n) is 10.0. The zero-order valence-electron chi connectivity index (χ0n) is 17.0. The summed E-state index contributed by atoms with van der Waals surface area (Å²) >= 11 is 1.40. The average molecular weight is 439 g/mol. The van der Waals surface area contributed by atoms with Crippen LogP contribution in [0.1, 0.15) is 50.4 Å². The Labute approximate surface area is 182 Å². The monoisotopic (exact) mass is 438 g/mol. The minimum atomic E-state index is -0.577. The molecule has 3 N–H and O–H groups in total. The lowest BCUT2D eigenvalue weighted by molar-refractivity contribution is 0.102. The molecule has 160 valence electrons. The lowest BCUT2D eigenvalue weighted by atomic mass is 10.0. The number of amides is 2. The molecule has 0 bridgehead atoms. The van der Waals surface area contributed by atoms with Crippen molar-refractivity contribution in [2.45, 2.75) is 32.1 Å². The number of aromatic nitrogens is 2. The number of aromatic amines is 1. The zero-order chi connectivity index (χ0) is 21.8. The van der Waals surface area contributed by atoms with Gasteiger partial charge in [0.05, 0.1) is 12.7 Å². The van der Waals surface area contributed by atoms with E-state index in [-0.39, 0.29) is 17.4 Å². The van der Waals surface area contributed by atoms with Crippen LogP contribution in [0.4, 0.5) is 10.8 Å². The number of carbonyl (C=O) groups excluding carboxylic acids is 2. The van der Waals surface area contributed by atoms with Crippen LogP contribution in [0.3, 0.4) is 0 Å². The Kier molecular flexibility index (Phi) is 6.13. The molecule has 0 aliphatic heterocycles. The number of carbonyl (C=O) groups is 2. The average Bonchev–Trinajstić information content (AvgIpc) is 2.94. The third-order valence-corrected chi connectivity index (χ3v) is 6.34. The van der Waals surface area contributed by atoms with Crippen molar-refractivity contribution < 1.29 is 14.3 Å². The lowest BCUT2D eigenvalue weighted by Gasteiger charge is -2.10. The summed E-state index contributed by atoms with van der Waals surface area (Å²) in [7, 11) is 1.43. The fourth-order valence-corrected chi connectivity index (χ4v) is 4.89. The van der Waals surface area contributed by atoms with Gasteiger partial charge >= 0.3 is 0 Å². The number of ether oxygens (including phenoxy) is 1. The van der Waals surface area contributed by atoms with Crippen molar-refractivity contribution in [3.63, 3.8) is 0 Å². The van der Waals surface area contributed by atoms with Crippen LogP contribution in [0.15, 0.2) is 41.3 Å². The van der Waals surface area contributed by atoms with E-state index < -0.39 is 11.5 Å². The molecule has 3 aromatic rings.